The van der Waals surface area contributed by atoms with E-state index in [9.17, 15) is 0 Å². The van der Waals surface area contributed by atoms with Crippen molar-refractivity contribution in [1.29, 1.82) is 0 Å². The van der Waals surface area contributed by atoms with Crippen molar-refractivity contribution in [2.24, 2.45) is 15.8 Å². The van der Waals surface area contributed by atoms with Gasteiger partial charge >= 0.3 is 0 Å². The second kappa shape index (κ2) is 4.63. The van der Waals surface area contributed by atoms with E-state index in [1.54, 1.807) is 0 Å². The SMILES string of the molecule is CC1(C)C=CC2=C(C=C1)SC1=CCC(C)(C)C=CC1=N2. The van der Waals surface area contributed by atoms with Crippen molar-refractivity contribution in [2.45, 2.75) is 34.1 Å². The topological polar surface area (TPSA) is 12.4 Å². The van der Waals surface area contributed by atoms with Gasteiger partial charge in [0.1, 0.15) is 0 Å². The van der Waals surface area contributed by atoms with Crippen molar-refractivity contribution >= 4 is 17.5 Å². The van der Waals surface area contributed by atoms with E-state index in [1.165, 1.54) is 9.81 Å². The zero-order chi connectivity index (χ0) is 14.4. The molecule has 0 spiro atoms. The first-order valence-electron chi connectivity index (χ1n) is 7.14. The minimum atomic E-state index is 0.104. The van der Waals surface area contributed by atoms with Crippen LogP contribution in [0.25, 0.3) is 0 Å². The number of allylic oxidation sites excluding steroid dienone is 8. The molecule has 3 rings (SSSR count). The van der Waals surface area contributed by atoms with E-state index >= 15 is 0 Å². The normalized spacial score (nSPS) is 26.2. The molecule has 0 atom stereocenters. The van der Waals surface area contributed by atoms with Gasteiger partial charge in [-0.15, -0.1) is 0 Å². The number of thioether (sulfide) groups is 1. The smallest absolute Gasteiger partial charge is 0.0773 e. The summed E-state index contributed by atoms with van der Waals surface area (Å²) >= 11 is 1.85. The number of hydrogen-bond acceptors (Lipinski definition) is 2. The van der Waals surface area contributed by atoms with Crippen molar-refractivity contribution in [3.63, 3.8) is 0 Å². The fourth-order valence-electron chi connectivity index (χ4n) is 2.34. The molecule has 0 N–H and O–H groups in total. The van der Waals surface area contributed by atoms with E-state index in [4.69, 9.17) is 4.99 Å². The molecule has 0 saturated carbocycles. The fourth-order valence-corrected chi connectivity index (χ4v) is 3.31. The number of fused-ring (bicyclic) bond motifs is 1. The lowest BCUT2D eigenvalue weighted by molar-refractivity contribution is 0.490. The molecule has 104 valence electrons. The van der Waals surface area contributed by atoms with Crippen LogP contribution < -0.4 is 0 Å². The van der Waals surface area contributed by atoms with E-state index in [0.29, 0.717) is 0 Å². The molecule has 0 aromatic carbocycles. The molecule has 1 aliphatic heterocycles. The van der Waals surface area contributed by atoms with Gasteiger partial charge in [0.05, 0.1) is 11.4 Å². The highest BCUT2D eigenvalue weighted by atomic mass is 32.2. The Morgan fingerprint density at radius 3 is 2.55 bits per heavy atom. The molecule has 20 heavy (non-hydrogen) atoms. The molecule has 1 heterocycles. The Balaban J connectivity index is 2.02. The molecule has 0 bridgehead atoms. The molecule has 0 fully saturated rings. The number of nitrogens with zero attached hydrogens (tertiary/aromatic N) is 1. The van der Waals surface area contributed by atoms with E-state index in [-0.39, 0.29) is 10.8 Å². The van der Waals surface area contributed by atoms with Gasteiger partial charge in [0.2, 0.25) is 0 Å². The van der Waals surface area contributed by atoms with Crippen LogP contribution in [0.2, 0.25) is 0 Å². The van der Waals surface area contributed by atoms with E-state index in [0.717, 1.165) is 17.8 Å². The second-order valence-corrected chi connectivity index (χ2v) is 8.01. The predicted molar refractivity (Wildman–Crippen MR) is 89.7 cm³/mol. The van der Waals surface area contributed by atoms with Crippen LogP contribution in [0.3, 0.4) is 0 Å². The quantitative estimate of drug-likeness (QED) is 0.579. The third kappa shape index (κ3) is 2.76. The molecule has 3 aliphatic rings. The van der Waals surface area contributed by atoms with Crippen LogP contribution >= 0.6 is 11.8 Å². The summed E-state index contributed by atoms with van der Waals surface area (Å²) in [6.45, 7) is 8.97. The van der Waals surface area contributed by atoms with Crippen LogP contribution in [0.1, 0.15) is 34.1 Å². The minimum Gasteiger partial charge on any atom is -0.247 e. The van der Waals surface area contributed by atoms with Crippen molar-refractivity contribution in [1.82, 2.24) is 0 Å². The highest BCUT2D eigenvalue weighted by Gasteiger charge is 2.24. The summed E-state index contributed by atoms with van der Waals surface area (Å²) in [5, 5.41) is 0. The van der Waals surface area contributed by atoms with Gasteiger partial charge in [-0.2, -0.15) is 0 Å². The average Bonchev–Trinajstić information content (AvgIpc) is 2.62. The summed E-state index contributed by atoms with van der Waals surface area (Å²) < 4.78 is 0. The van der Waals surface area contributed by atoms with Gasteiger partial charge in [-0.05, 0) is 30.1 Å². The third-order valence-electron chi connectivity index (χ3n) is 3.81. The van der Waals surface area contributed by atoms with Crippen molar-refractivity contribution in [3.8, 4) is 0 Å². The monoisotopic (exact) mass is 283 g/mol. The van der Waals surface area contributed by atoms with Crippen LogP contribution in [0.4, 0.5) is 0 Å². The van der Waals surface area contributed by atoms with Crippen LogP contribution in [0, 0.1) is 10.8 Å². The molecular formula is C18H21NS. The zero-order valence-electron chi connectivity index (χ0n) is 12.6. The molecule has 0 aromatic rings. The first-order valence-corrected chi connectivity index (χ1v) is 7.95. The predicted octanol–water partition coefficient (Wildman–Crippen LogP) is 5.41. The van der Waals surface area contributed by atoms with Gasteiger partial charge in [-0.1, -0.05) is 63.8 Å². The molecule has 2 heteroatoms. The number of rotatable bonds is 0. The lowest BCUT2D eigenvalue weighted by Gasteiger charge is -2.16. The van der Waals surface area contributed by atoms with Crippen molar-refractivity contribution in [3.05, 3.63) is 58.0 Å². The van der Waals surface area contributed by atoms with E-state index < -0.39 is 0 Å². The van der Waals surface area contributed by atoms with Crippen molar-refractivity contribution in [2.75, 3.05) is 0 Å². The lowest BCUT2D eigenvalue weighted by atomic mass is 9.90. The molecule has 2 aliphatic carbocycles. The maximum atomic E-state index is 4.86. The average molecular weight is 283 g/mol. The highest BCUT2D eigenvalue weighted by Crippen LogP contribution is 2.41. The molecule has 0 saturated heterocycles. The van der Waals surface area contributed by atoms with Gasteiger partial charge in [0.15, 0.2) is 0 Å². The first kappa shape index (κ1) is 13.7. The van der Waals surface area contributed by atoms with Crippen LogP contribution in [0.5, 0.6) is 0 Å². The Morgan fingerprint density at radius 1 is 1.00 bits per heavy atom. The molecule has 0 amide bonds. The third-order valence-corrected chi connectivity index (χ3v) is 4.97. The standard InChI is InChI=1S/C18H21NS/c1-17(2)9-5-13-15(7-11-17)20-16-8-12-18(3,4)10-6-14(16)19-13/h5-11H,12H2,1-4H3. The summed E-state index contributed by atoms with van der Waals surface area (Å²) in [5.74, 6) is 0. The van der Waals surface area contributed by atoms with E-state index in [2.05, 4.69) is 70.2 Å². The summed E-state index contributed by atoms with van der Waals surface area (Å²) in [4.78, 5) is 7.41. The van der Waals surface area contributed by atoms with Gasteiger partial charge in [-0.25, -0.2) is 4.99 Å². The first-order chi connectivity index (χ1) is 9.35. The van der Waals surface area contributed by atoms with Crippen LogP contribution in [-0.2, 0) is 0 Å². The summed E-state index contributed by atoms with van der Waals surface area (Å²) in [7, 11) is 0. The van der Waals surface area contributed by atoms with Crippen molar-refractivity contribution < 1.29 is 0 Å². The molecule has 0 radical (unpaired) electrons. The van der Waals surface area contributed by atoms with Crippen LogP contribution in [0.15, 0.2) is 63.0 Å². The van der Waals surface area contributed by atoms with Gasteiger partial charge in [0, 0.05) is 15.2 Å². The Bertz CT molecular complexity index is 622. The molecule has 0 aromatic heterocycles. The summed E-state index contributed by atoms with van der Waals surface area (Å²) in [5.41, 5.74) is 2.52. The van der Waals surface area contributed by atoms with Gasteiger partial charge < -0.3 is 0 Å². The number of hydrogen-bond donors (Lipinski definition) is 0. The Kier molecular flexibility index (Phi) is 3.17. The summed E-state index contributed by atoms with van der Waals surface area (Å²) in [6.07, 6.45) is 16.7. The molecule has 1 nitrogen and oxygen atoms in total. The van der Waals surface area contributed by atoms with E-state index in [1.807, 2.05) is 11.8 Å². The van der Waals surface area contributed by atoms with Gasteiger partial charge in [0.25, 0.3) is 0 Å². The second-order valence-electron chi connectivity index (χ2n) is 6.93. The Morgan fingerprint density at radius 2 is 1.75 bits per heavy atom. The molecular weight excluding hydrogens is 262 g/mol. The Hall–Kier alpha value is -1.28. The maximum Gasteiger partial charge on any atom is 0.0773 e. The van der Waals surface area contributed by atoms with Gasteiger partial charge in [-0.3, -0.25) is 0 Å². The Labute approximate surface area is 125 Å². The lowest BCUT2D eigenvalue weighted by Crippen LogP contribution is -2.04. The zero-order valence-corrected chi connectivity index (χ0v) is 13.4. The number of aliphatic imine (C=N–C) groups is 1. The minimum absolute atomic E-state index is 0.104. The summed E-state index contributed by atoms with van der Waals surface area (Å²) in [6, 6.07) is 0. The maximum absolute atomic E-state index is 4.86. The largest absolute Gasteiger partial charge is 0.247 e. The van der Waals surface area contributed by atoms with Crippen LogP contribution in [-0.4, -0.2) is 5.71 Å². The molecule has 0 unspecified atom stereocenters. The highest BCUT2D eigenvalue weighted by molar-refractivity contribution is 8.07. The fraction of sp³-hybridized carbons (Fsp3) is 0.389.